The predicted octanol–water partition coefficient (Wildman–Crippen LogP) is 3.21. The highest BCUT2D eigenvalue weighted by Gasteiger charge is 2.29. The maximum Gasteiger partial charge on any atom is 0.387 e. The van der Waals surface area contributed by atoms with Gasteiger partial charge in [0, 0.05) is 28.6 Å². The van der Waals surface area contributed by atoms with Crippen LogP contribution in [-0.4, -0.2) is 37.9 Å². The van der Waals surface area contributed by atoms with Gasteiger partial charge in [0.25, 0.3) is 0 Å². The predicted molar refractivity (Wildman–Crippen MR) is 70.6 cm³/mol. The molecule has 1 aliphatic heterocycles. The first-order valence-corrected chi connectivity index (χ1v) is 7.83. The summed E-state index contributed by atoms with van der Waals surface area (Å²) < 4.78 is 63.6. The summed E-state index contributed by atoms with van der Waals surface area (Å²) in [5.74, 6) is 0.871. The second-order valence-corrected chi connectivity index (χ2v) is 6.61. The van der Waals surface area contributed by atoms with Gasteiger partial charge in [0.2, 0.25) is 0 Å². The van der Waals surface area contributed by atoms with E-state index in [-0.39, 0.29) is 22.4 Å². The third-order valence-corrected chi connectivity index (χ3v) is 5.14. The van der Waals surface area contributed by atoms with Crippen LogP contribution < -0.4 is 9.47 Å². The molecular weight excluding hydrogens is 312 g/mol. The second-order valence-electron chi connectivity index (χ2n) is 4.34. The number of benzene rings is 1. The zero-order valence-corrected chi connectivity index (χ0v) is 12.1. The average molecular weight is 327 g/mol. The largest absolute Gasteiger partial charge is 0.431 e. The van der Waals surface area contributed by atoms with Gasteiger partial charge < -0.3 is 14.2 Å². The summed E-state index contributed by atoms with van der Waals surface area (Å²) in [6.07, 6.45) is 0. The number of aryl methyl sites for hydroxylation is 1. The molecule has 0 radical (unpaired) electrons. The van der Waals surface area contributed by atoms with Gasteiger partial charge in [-0.3, -0.25) is 0 Å². The number of alkyl halides is 4. The molecule has 1 heterocycles. The Kier molecular flexibility index (Phi) is 5.58. The summed E-state index contributed by atoms with van der Waals surface area (Å²) in [4.78, 5) is 0.799. The van der Waals surface area contributed by atoms with Crippen LogP contribution in [-0.2, 0) is 15.6 Å². The lowest BCUT2D eigenvalue weighted by molar-refractivity contribution is -0.0697. The fourth-order valence-corrected chi connectivity index (χ4v) is 3.99. The van der Waals surface area contributed by atoms with E-state index in [0.29, 0.717) is 18.8 Å². The molecule has 0 amide bonds. The third-order valence-electron chi connectivity index (χ3n) is 2.92. The molecule has 21 heavy (non-hydrogen) atoms. The minimum absolute atomic E-state index is 0.157. The Morgan fingerprint density at radius 2 is 1.67 bits per heavy atom. The van der Waals surface area contributed by atoms with Crippen molar-refractivity contribution in [1.82, 2.24) is 0 Å². The molecule has 1 fully saturated rings. The first kappa shape index (κ1) is 16.2. The second kappa shape index (κ2) is 7.22. The van der Waals surface area contributed by atoms with E-state index < -0.39 is 13.2 Å². The first-order chi connectivity index (χ1) is 9.97. The van der Waals surface area contributed by atoms with Crippen LogP contribution in [0.15, 0.2) is 17.0 Å². The van der Waals surface area contributed by atoms with Crippen molar-refractivity contribution in [3.8, 4) is 11.5 Å². The number of rotatable bonds is 5. The highest BCUT2D eigenvalue weighted by molar-refractivity contribution is 7.97. The molecule has 2 rings (SSSR count). The number of halogens is 4. The van der Waals surface area contributed by atoms with E-state index in [2.05, 4.69) is 9.47 Å². The lowest BCUT2D eigenvalue weighted by Gasteiger charge is -2.18. The summed E-state index contributed by atoms with van der Waals surface area (Å²) >= 11 is 0. The quantitative estimate of drug-likeness (QED) is 0.614. The van der Waals surface area contributed by atoms with Gasteiger partial charge >= 0.3 is 13.2 Å². The van der Waals surface area contributed by atoms with Crippen LogP contribution in [0.1, 0.15) is 5.56 Å². The van der Waals surface area contributed by atoms with Gasteiger partial charge in [-0.25, -0.2) is 0 Å². The zero-order valence-electron chi connectivity index (χ0n) is 11.3. The Bertz CT molecular complexity index is 479. The van der Waals surface area contributed by atoms with Gasteiger partial charge in [0.15, 0.2) is 16.4 Å². The van der Waals surface area contributed by atoms with Gasteiger partial charge in [-0.1, -0.05) is 0 Å². The molecule has 0 aromatic heterocycles. The van der Waals surface area contributed by atoms with Crippen molar-refractivity contribution in [2.45, 2.75) is 25.0 Å². The van der Waals surface area contributed by atoms with Crippen LogP contribution >= 0.6 is 0 Å². The van der Waals surface area contributed by atoms with Crippen molar-refractivity contribution in [3.05, 3.63) is 17.7 Å². The SMILES string of the molecule is Cc1cc([S+]2CCOCC2)cc(OC(F)F)c1OC(F)F. The van der Waals surface area contributed by atoms with E-state index in [1.807, 2.05) is 0 Å². The Morgan fingerprint density at radius 3 is 2.24 bits per heavy atom. The fourth-order valence-electron chi connectivity index (χ4n) is 2.06. The number of ether oxygens (including phenoxy) is 3. The molecule has 1 aliphatic rings. The highest BCUT2D eigenvalue weighted by atomic mass is 32.2. The Hall–Kier alpha value is -1.15. The molecule has 0 spiro atoms. The van der Waals surface area contributed by atoms with Crippen molar-refractivity contribution in [3.63, 3.8) is 0 Å². The number of hydrogen-bond donors (Lipinski definition) is 0. The lowest BCUT2D eigenvalue weighted by atomic mass is 10.2. The maximum atomic E-state index is 12.5. The molecule has 0 unspecified atom stereocenters. The standard InChI is InChI=1S/C13H15F4O3S/c1-8-6-9(21-4-2-18-3-5-21)7-10(19-12(14)15)11(8)20-13(16)17/h6-7,12-13H,2-5H2,1H3/q+1. The third kappa shape index (κ3) is 4.41. The summed E-state index contributed by atoms with van der Waals surface area (Å²) in [6.45, 7) is -3.47. The van der Waals surface area contributed by atoms with Crippen LogP contribution in [0.3, 0.4) is 0 Å². The monoisotopic (exact) mass is 327 g/mol. The van der Waals surface area contributed by atoms with Crippen LogP contribution in [0.25, 0.3) is 0 Å². The molecular formula is C13H15F4O3S+. The molecule has 0 atom stereocenters. The van der Waals surface area contributed by atoms with Crippen LogP contribution in [0.2, 0.25) is 0 Å². The Morgan fingerprint density at radius 1 is 1.05 bits per heavy atom. The van der Waals surface area contributed by atoms with Gasteiger partial charge in [0.1, 0.15) is 11.5 Å². The van der Waals surface area contributed by atoms with E-state index in [4.69, 9.17) is 4.74 Å². The van der Waals surface area contributed by atoms with Crippen molar-refractivity contribution in [1.29, 1.82) is 0 Å². The van der Waals surface area contributed by atoms with Crippen molar-refractivity contribution in [2.75, 3.05) is 24.7 Å². The van der Waals surface area contributed by atoms with Crippen LogP contribution in [0.4, 0.5) is 17.6 Å². The van der Waals surface area contributed by atoms with Gasteiger partial charge in [-0.2, -0.15) is 17.6 Å². The summed E-state index contributed by atoms with van der Waals surface area (Å²) in [7, 11) is -0.157. The number of hydrogen-bond acceptors (Lipinski definition) is 3. The summed E-state index contributed by atoms with van der Waals surface area (Å²) in [6, 6.07) is 3.05. The van der Waals surface area contributed by atoms with Crippen molar-refractivity contribution < 1.29 is 31.8 Å². The lowest BCUT2D eigenvalue weighted by Crippen LogP contribution is -2.26. The highest BCUT2D eigenvalue weighted by Crippen LogP contribution is 2.37. The molecule has 1 aromatic rings. The van der Waals surface area contributed by atoms with Crippen molar-refractivity contribution in [2.24, 2.45) is 0 Å². The molecule has 3 nitrogen and oxygen atoms in total. The normalized spacial score (nSPS) is 16.5. The minimum atomic E-state index is -3.10. The van der Waals surface area contributed by atoms with E-state index in [9.17, 15) is 17.6 Å². The van der Waals surface area contributed by atoms with E-state index in [1.165, 1.54) is 13.0 Å². The fraction of sp³-hybridized carbons (Fsp3) is 0.538. The average Bonchev–Trinajstić information content (AvgIpc) is 2.42. The molecule has 118 valence electrons. The Labute approximate surface area is 122 Å². The van der Waals surface area contributed by atoms with Gasteiger partial charge in [-0.05, 0) is 6.92 Å². The van der Waals surface area contributed by atoms with Gasteiger partial charge in [-0.15, -0.1) is 0 Å². The van der Waals surface area contributed by atoms with E-state index in [0.717, 1.165) is 16.4 Å². The summed E-state index contributed by atoms with van der Waals surface area (Å²) in [5.41, 5.74) is 0.349. The molecule has 1 saturated heterocycles. The molecule has 0 N–H and O–H groups in total. The topological polar surface area (TPSA) is 27.7 Å². The van der Waals surface area contributed by atoms with Crippen molar-refractivity contribution >= 4 is 10.9 Å². The smallest absolute Gasteiger partial charge is 0.387 e. The Balaban J connectivity index is 2.33. The van der Waals surface area contributed by atoms with E-state index in [1.54, 1.807) is 6.07 Å². The first-order valence-electron chi connectivity index (χ1n) is 6.27. The van der Waals surface area contributed by atoms with Crippen LogP contribution in [0.5, 0.6) is 11.5 Å². The van der Waals surface area contributed by atoms with E-state index >= 15 is 0 Å². The molecule has 0 aliphatic carbocycles. The zero-order chi connectivity index (χ0) is 15.4. The molecule has 1 aromatic carbocycles. The summed E-state index contributed by atoms with van der Waals surface area (Å²) in [5, 5.41) is 0. The molecule has 8 heteroatoms. The minimum Gasteiger partial charge on any atom is -0.431 e. The maximum absolute atomic E-state index is 12.5. The van der Waals surface area contributed by atoms with Crippen LogP contribution in [0, 0.1) is 6.92 Å². The molecule has 0 bridgehead atoms. The molecule has 0 saturated carbocycles. The van der Waals surface area contributed by atoms with Gasteiger partial charge in [0.05, 0.1) is 13.2 Å².